The van der Waals surface area contributed by atoms with Crippen LogP contribution in [0.4, 0.5) is 8.78 Å². The van der Waals surface area contributed by atoms with Gasteiger partial charge in [-0.3, -0.25) is 14.7 Å². The van der Waals surface area contributed by atoms with Crippen LogP contribution in [0.1, 0.15) is 22.3 Å². The molecule has 7 nitrogen and oxygen atoms in total. The number of amides is 2. The zero-order chi connectivity index (χ0) is 18.8. The van der Waals surface area contributed by atoms with Gasteiger partial charge in [0.25, 0.3) is 5.91 Å². The summed E-state index contributed by atoms with van der Waals surface area (Å²) in [6, 6.07) is 2.00. The molecule has 2 heterocycles. The lowest BCUT2D eigenvalue weighted by atomic mass is 10.0. The van der Waals surface area contributed by atoms with Crippen LogP contribution in [0.25, 0.3) is 11.3 Å². The molecule has 2 amide bonds. The van der Waals surface area contributed by atoms with E-state index in [9.17, 15) is 23.5 Å². The molecule has 0 radical (unpaired) electrons. The summed E-state index contributed by atoms with van der Waals surface area (Å²) >= 11 is 0. The van der Waals surface area contributed by atoms with Gasteiger partial charge in [0.15, 0.2) is 0 Å². The number of aliphatic hydroxyl groups excluding tert-OH is 1. The normalized spacial score (nSPS) is 14.2. The summed E-state index contributed by atoms with van der Waals surface area (Å²) < 4.78 is 27.9. The Bertz CT molecular complexity index is 847. The van der Waals surface area contributed by atoms with Gasteiger partial charge in [-0.25, -0.2) is 8.78 Å². The van der Waals surface area contributed by atoms with Crippen LogP contribution in [0.15, 0.2) is 18.3 Å². The van der Waals surface area contributed by atoms with Gasteiger partial charge in [-0.05, 0) is 24.6 Å². The molecule has 3 N–H and O–H groups in total. The first kappa shape index (κ1) is 18.0. The monoisotopic (exact) mass is 364 g/mol. The summed E-state index contributed by atoms with van der Waals surface area (Å²) in [6.45, 7) is 2.10. The molecule has 1 aromatic carbocycles. The molecule has 0 saturated carbocycles. The highest BCUT2D eigenvalue weighted by atomic mass is 19.1. The number of aliphatic hydroxyl groups is 1. The van der Waals surface area contributed by atoms with E-state index in [1.54, 1.807) is 0 Å². The highest BCUT2D eigenvalue weighted by molar-refractivity contribution is 6.00. The van der Waals surface area contributed by atoms with Gasteiger partial charge in [0.2, 0.25) is 5.91 Å². The Kier molecular flexibility index (Phi) is 4.99. The van der Waals surface area contributed by atoms with Crippen molar-refractivity contribution in [3.05, 3.63) is 41.1 Å². The third kappa shape index (κ3) is 3.43. The predicted octanol–water partition coefficient (Wildman–Crippen LogP) is 0.986. The molecule has 1 fully saturated rings. The van der Waals surface area contributed by atoms with E-state index in [0.29, 0.717) is 13.1 Å². The number of hydrogen-bond acceptors (Lipinski definition) is 4. The number of likely N-dealkylation sites (tertiary alicyclic amines) is 1. The largest absolute Gasteiger partial charge is 0.389 e. The molecule has 1 aliphatic rings. The van der Waals surface area contributed by atoms with Crippen LogP contribution in [0, 0.1) is 18.6 Å². The smallest absolute Gasteiger partial charge is 0.255 e. The Morgan fingerprint density at radius 3 is 2.73 bits per heavy atom. The molecule has 0 bridgehead atoms. The Morgan fingerprint density at radius 2 is 2.04 bits per heavy atom. The third-order valence-corrected chi connectivity index (χ3v) is 4.32. The van der Waals surface area contributed by atoms with E-state index in [-0.39, 0.29) is 41.3 Å². The Morgan fingerprint density at radius 1 is 1.35 bits per heavy atom. The van der Waals surface area contributed by atoms with Crippen molar-refractivity contribution in [1.82, 2.24) is 20.4 Å². The number of carbonyl (C=O) groups is 2. The molecular formula is C17H18F2N4O3. The molecule has 26 heavy (non-hydrogen) atoms. The summed E-state index contributed by atoms with van der Waals surface area (Å²) in [5, 5.41) is 18.0. The highest BCUT2D eigenvalue weighted by Crippen LogP contribution is 2.29. The van der Waals surface area contributed by atoms with E-state index in [1.807, 2.05) is 0 Å². The van der Waals surface area contributed by atoms with Crippen LogP contribution in [-0.4, -0.2) is 57.8 Å². The zero-order valence-corrected chi connectivity index (χ0v) is 14.1. The number of rotatable bonds is 5. The number of β-amino-alcohol motifs (C(OH)–C–C–N with tert-alkyl or cyclic N) is 1. The Hall–Kier alpha value is -2.81. The van der Waals surface area contributed by atoms with Crippen molar-refractivity contribution in [3.63, 3.8) is 0 Å². The third-order valence-electron chi connectivity index (χ3n) is 4.32. The standard InChI is InChI=1S/C17H18F2N4O3/c1-9-12(18)2-3-13(19)15(9)16-11(6-21-22-16)17(26)20-5-4-14(25)23-7-10(24)8-23/h2-3,6,10,24H,4-5,7-8H2,1H3,(H,20,26)(H,21,22). The van der Waals surface area contributed by atoms with Crippen LogP contribution >= 0.6 is 0 Å². The number of aromatic amines is 1. The summed E-state index contributed by atoms with van der Waals surface area (Å²) in [5.74, 6) is -1.98. The molecule has 0 unspecified atom stereocenters. The summed E-state index contributed by atoms with van der Waals surface area (Å²) in [4.78, 5) is 25.6. The molecule has 138 valence electrons. The molecule has 1 saturated heterocycles. The first-order valence-electron chi connectivity index (χ1n) is 8.11. The van der Waals surface area contributed by atoms with Gasteiger partial charge in [-0.1, -0.05) is 0 Å². The molecule has 0 aliphatic carbocycles. The van der Waals surface area contributed by atoms with E-state index in [2.05, 4.69) is 15.5 Å². The lowest BCUT2D eigenvalue weighted by Crippen LogP contribution is -2.53. The molecule has 9 heteroatoms. The van der Waals surface area contributed by atoms with Gasteiger partial charge in [0.1, 0.15) is 11.6 Å². The van der Waals surface area contributed by atoms with Crippen molar-refractivity contribution < 1.29 is 23.5 Å². The maximum absolute atomic E-state index is 14.1. The van der Waals surface area contributed by atoms with Gasteiger partial charge >= 0.3 is 0 Å². The maximum atomic E-state index is 14.1. The van der Waals surface area contributed by atoms with E-state index >= 15 is 0 Å². The average molecular weight is 364 g/mol. The number of H-pyrrole nitrogens is 1. The fourth-order valence-corrected chi connectivity index (χ4v) is 2.80. The van der Waals surface area contributed by atoms with Crippen molar-refractivity contribution in [2.24, 2.45) is 0 Å². The van der Waals surface area contributed by atoms with Gasteiger partial charge < -0.3 is 15.3 Å². The average Bonchev–Trinajstić information content (AvgIpc) is 3.05. The first-order valence-corrected chi connectivity index (χ1v) is 8.11. The van der Waals surface area contributed by atoms with E-state index in [4.69, 9.17) is 0 Å². The van der Waals surface area contributed by atoms with Crippen LogP contribution in [0.5, 0.6) is 0 Å². The summed E-state index contributed by atoms with van der Waals surface area (Å²) in [5.41, 5.74) is 0.145. The maximum Gasteiger partial charge on any atom is 0.255 e. The molecule has 2 aromatic rings. The molecule has 0 spiro atoms. The molecule has 3 rings (SSSR count). The van der Waals surface area contributed by atoms with Crippen molar-refractivity contribution in [1.29, 1.82) is 0 Å². The second-order valence-corrected chi connectivity index (χ2v) is 6.15. The number of carbonyl (C=O) groups excluding carboxylic acids is 2. The topological polar surface area (TPSA) is 98.3 Å². The minimum Gasteiger partial charge on any atom is -0.389 e. The van der Waals surface area contributed by atoms with Crippen LogP contribution in [0.2, 0.25) is 0 Å². The Labute approximate surface area is 148 Å². The zero-order valence-electron chi connectivity index (χ0n) is 14.1. The summed E-state index contributed by atoms with van der Waals surface area (Å²) in [6.07, 6.45) is 0.826. The van der Waals surface area contributed by atoms with E-state index in [0.717, 1.165) is 12.1 Å². The minimum absolute atomic E-state index is 0.0571. The summed E-state index contributed by atoms with van der Waals surface area (Å²) in [7, 11) is 0. The SMILES string of the molecule is Cc1c(F)ccc(F)c1-c1[nH]ncc1C(=O)NCCC(=O)N1CC(O)C1. The van der Waals surface area contributed by atoms with Crippen molar-refractivity contribution >= 4 is 11.8 Å². The van der Waals surface area contributed by atoms with Crippen molar-refractivity contribution in [2.45, 2.75) is 19.4 Å². The fourth-order valence-electron chi connectivity index (χ4n) is 2.80. The lowest BCUT2D eigenvalue weighted by Gasteiger charge is -2.35. The van der Waals surface area contributed by atoms with E-state index < -0.39 is 23.6 Å². The number of nitrogens with zero attached hydrogens (tertiary/aromatic N) is 2. The highest BCUT2D eigenvalue weighted by Gasteiger charge is 2.28. The second-order valence-electron chi connectivity index (χ2n) is 6.15. The fraction of sp³-hybridized carbons (Fsp3) is 0.353. The van der Waals surface area contributed by atoms with Gasteiger partial charge in [0, 0.05) is 31.6 Å². The molecule has 1 aromatic heterocycles. The lowest BCUT2D eigenvalue weighted by molar-refractivity contribution is -0.141. The number of aromatic nitrogens is 2. The van der Waals surface area contributed by atoms with Gasteiger partial charge in [-0.15, -0.1) is 0 Å². The quantitative estimate of drug-likeness (QED) is 0.737. The van der Waals surface area contributed by atoms with Crippen LogP contribution < -0.4 is 5.32 Å². The minimum atomic E-state index is -0.672. The van der Waals surface area contributed by atoms with Crippen molar-refractivity contribution in [3.8, 4) is 11.3 Å². The number of halogens is 2. The number of nitrogens with one attached hydrogen (secondary N) is 2. The number of hydrogen-bond donors (Lipinski definition) is 3. The molecule has 0 atom stereocenters. The van der Waals surface area contributed by atoms with Crippen LogP contribution in [-0.2, 0) is 4.79 Å². The first-order chi connectivity index (χ1) is 12.4. The van der Waals surface area contributed by atoms with Gasteiger partial charge in [-0.2, -0.15) is 5.10 Å². The predicted molar refractivity (Wildman–Crippen MR) is 88.2 cm³/mol. The second kappa shape index (κ2) is 7.20. The molecular weight excluding hydrogens is 346 g/mol. The van der Waals surface area contributed by atoms with Crippen molar-refractivity contribution in [2.75, 3.05) is 19.6 Å². The molecule has 1 aliphatic heterocycles. The number of benzene rings is 1. The van der Waals surface area contributed by atoms with Gasteiger partial charge in [0.05, 0.1) is 23.6 Å². The van der Waals surface area contributed by atoms with Crippen LogP contribution in [0.3, 0.4) is 0 Å². The Balaban J connectivity index is 1.68. The van der Waals surface area contributed by atoms with E-state index in [1.165, 1.54) is 18.0 Å².